The SMILES string of the molecule is NC=CN(Cc1ccccc1)Cc1ccccc1. The minimum absolute atomic E-state index is 0.865. The van der Waals surface area contributed by atoms with Crippen LogP contribution in [0.15, 0.2) is 73.1 Å². The van der Waals surface area contributed by atoms with Gasteiger partial charge < -0.3 is 10.6 Å². The zero-order chi connectivity index (χ0) is 12.6. The number of nitrogens with zero attached hydrogens (tertiary/aromatic N) is 1. The Hall–Kier alpha value is -2.22. The van der Waals surface area contributed by atoms with E-state index in [4.69, 9.17) is 5.73 Å². The van der Waals surface area contributed by atoms with Gasteiger partial charge in [-0.2, -0.15) is 0 Å². The molecular formula is C16H18N2. The van der Waals surface area contributed by atoms with E-state index in [2.05, 4.69) is 53.4 Å². The van der Waals surface area contributed by atoms with Gasteiger partial charge in [0.05, 0.1) is 0 Å². The quantitative estimate of drug-likeness (QED) is 0.867. The highest BCUT2D eigenvalue weighted by atomic mass is 15.1. The van der Waals surface area contributed by atoms with Crippen LogP contribution in [0.25, 0.3) is 0 Å². The second kappa shape index (κ2) is 6.50. The smallest absolute Gasteiger partial charge is 0.0428 e. The molecule has 2 N–H and O–H groups in total. The maximum Gasteiger partial charge on any atom is 0.0428 e. The molecule has 2 heteroatoms. The average Bonchev–Trinajstić information content (AvgIpc) is 2.41. The van der Waals surface area contributed by atoms with Gasteiger partial charge in [0.2, 0.25) is 0 Å². The summed E-state index contributed by atoms with van der Waals surface area (Å²) in [6, 6.07) is 20.8. The molecular weight excluding hydrogens is 220 g/mol. The fourth-order valence-corrected chi connectivity index (χ4v) is 1.92. The molecule has 2 aromatic carbocycles. The van der Waals surface area contributed by atoms with Crippen LogP contribution in [-0.2, 0) is 13.1 Å². The molecule has 0 amide bonds. The van der Waals surface area contributed by atoms with E-state index in [0.29, 0.717) is 0 Å². The van der Waals surface area contributed by atoms with Crippen molar-refractivity contribution in [3.8, 4) is 0 Å². The van der Waals surface area contributed by atoms with Crippen LogP contribution in [0.3, 0.4) is 0 Å². The van der Waals surface area contributed by atoms with Crippen LogP contribution in [0.5, 0.6) is 0 Å². The Morgan fingerprint density at radius 3 is 1.61 bits per heavy atom. The first kappa shape index (κ1) is 12.2. The summed E-state index contributed by atoms with van der Waals surface area (Å²) in [5, 5.41) is 0. The van der Waals surface area contributed by atoms with Gasteiger partial charge in [0.15, 0.2) is 0 Å². The maximum atomic E-state index is 5.51. The Bertz CT molecular complexity index is 435. The van der Waals surface area contributed by atoms with E-state index in [0.717, 1.165) is 13.1 Å². The summed E-state index contributed by atoms with van der Waals surface area (Å²) in [6.45, 7) is 1.73. The molecule has 2 rings (SSSR count). The van der Waals surface area contributed by atoms with Gasteiger partial charge in [-0.05, 0) is 11.1 Å². The lowest BCUT2D eigenvalue weighted by atomic mass is 10.2. The molecule has 92 valence electrons. The molecule has 0 radical (unpaired) electrons. The molecule has 0 saturated carbocycles. The van der Waals surface area contributed by atoms with Crippen LogP contribution < -0.4 is 5.73 Å². The number of nitrogens with two attached hydrogens (primary N) is 1. The average molecular weight is 238 g/mol. The van der Waals surface area contributed by atoms with E-state index in [1.165, 1.54) is 11.1 Å². The molecule has 2 nitrogen and oxygen atoms in total. The molecule has 0 atom stereocenters. The van der Waals surface area contributed by atoms with Crippen LogP contribution in [0, 0.1) is 0 Å². The minimum Gasteiger partial charge on any atom is -0.403 e. The molecule has 0 bridgehead atoms. The highest BCUT2D eigenvalue weighted by Crippen LogP contribution is 2.10. The predicted octanol–water partition coefficient (Wildman–Crippen LogP) is 3.12. The van der Waals surface area contributed by atoms with Crippen LogP contribution in [0.2, 0.25) is 0 Å². The molecule has 0 spiro atoms. The zero-order valence-corrected chi connectivity index (χ0v) is 10.4. The third-order valence-corrected chi connectivity index (χ3v) is 2.75. The van der Waals surface area contributed by atoms with E-state index in [1.54, 1.807) is 6.20 Å². The lowest BCUT2D eigenvalue weighted by molar-refractivity contribution is 0.361. The molecule has 0 saturated heterocycles. The first-order valence-electron chi connectivity index (χ1n) is 6.09. The lowest BCUT2D eigenvalue weighted by Crippen LogP contribution is -2.16. The zero-order valence-electron chi connectivity index (χ0n) is 10.4. The molecule has 18 heavy (non-hydrogen) atoms. The van der Waals surface area contributed by atoms with Crippen molar-refractivity contribution in [2.45, 2.75) is 13.1 Å². The van der Waals surface area contributed by atoms with Gasteiger partial charge in [-0.1, -0.05) is 60.7 Å². The second-order valence-corrected chi connectivity index (χ2v) is 4.22. The summed E-state index contributed by atoms with van der Waals surface area (Å²) >= 11 is 0. The van der Waals surface area contributed by atoms with E-state index in [-0.39, 0.29) is 0 Å². The van der Waals surface area contributed by atoms with Gasteiger partial charge in [0.1, 0.15) is 0 Å². The monoisotopic (exact) mass is 238 g/mol. The molecule has 0 aliphatic heterocycles. The van der Waals surface area contributed by atoms with Crippen LogP contribution in [0.1, 0.15) is 11.1 Å². The van der Waals surface area contributed by atoms with Crippen molar-refractivity contribution in [1.29, 1.82) is 0 Å². The Balaban J connectivity index is 2.05. The molecule has 0 heterocycles. The Kier molecular flexibility index (Phi) is 4.42. The molecule has 2 aromatic rings. The summed E-state index contributed by atoms with van der Waals surface area (Å²) < 4.78 is 0. The Morgan fingerprint density at radius 2 is 1.22 bits per heavy atom. The highest BCUT2D eigenvalue weighted by molar-refractivity contribution is 5.17. The maximum absolute atomic E-state index is 5.51. The highest BCUT2D eigenvalue weighted by Gasteiger charge is 2.01. The van der Waals surface area contributed by atoms with E-state index in [1.807, 2.05) is 18.3 Å². The van der Waals surface area contributed by atoms with Gasteiger partial charge in [-0.25, -0.2) is 0 Å². The van der Waals surface area contributed by atoms with Crippen molar-refractivity contribution in [1.82, 2.24) is 4.90 Å². The molecule has 0 aliphatic rings. The van der Waals surface area contributed by atoms with Crippen LogP contribution in [-0.4, -0.2) is 4.90 Å². The first-order valence-corrected chi connectivity index (χ1v) is 6.09. The van der Waals surface area contributed by atoms with Crippen molar-refractivity contribution < 1.29 is 0 Å². The molecule has 0 fully saturated rings. The standard InChI is InChI=1S/C16H18N2/c17-11-12-18(13-15-7-3-1-4-8-15)14-16-9-5-2-6-10-16/h1-12H,13-14,17H2. The normalized spacial score (nSPS) is 10.7. The minimum atomic E-state index is 0.865. The Labute approximate surface area is 108 Å². The van der Waals surface area contributed by atoms with Gasteiger partial charge in [-0.3, -0.25) is 0 Å². The van der Waals surface area contributed by atoms with Crippen LogP contribution in [0.4, 0.5) is 0 Å². The van der Waals surface area contributed by atoms with E-state index >= 15 is 0 Å². The lowest BCUT2D eigenvalue weighted by Gasteiger charge is -2.20. The number of benzene rings is 2. The largest absolute Gasteiger partial charge is 0.403 e. The van der Waals surface area contributed by atoms with Crippen molar-refractivity contribution in [3.05, 3.63) is 84.2 Å². The van der Waals surface area contributed by atoms with E-state index < -0.39 is 0 Å². The fourth-order valence-electron chi connectivity index (χ4n) is 1.92. The first-order chi connectivity index (χ1) is 8.88. The van der Waals surface area contributed by atoms with Crippen molar-refractivity contribution in [2.75, 3.05) is 0 Å². The van der Waals surface area contributed by atoms with Gasteiger partial charge >= 0.3 is 0 Å². The molecule has 0 aliphatic carbocycles. The van der Waals surface area contributed by atoms with Crippen LogP contribution >= 0.6 is 0 Å². The van der Waals surface area contributed by atoms with Gasteiger partial charge in [0, 0.05) is 25.5 Å². The molecule has 0 aromatic heterocycles. The van der Waals surface area contributed by atoms with Gasteiger partial charge in [0.25, 0.3) is 0 Å². The van der Waals surface area contributed by atoms with Crippen molar-refractivity contribution in [2.24, 2.45) is 5.73 Å². The van der Waals surface area contributed by atoms with Gasteiger partial charge in [-0.15, -0.1) is 0 Å². The third kappa shape index (κ3) is 3.67. The topological polar surface area (TPSA) is 29.3 Å². The summed E-state index contributed by atoms with van der Waals surface area (Å²) in [5.74, 6) is 0. The summed E-state index contributed by atoms with van der Waals surface area (Å²) in [6.07, 6.45) is 3.52. The van der Waals surface area contributed by atoms with Crippen molar-refractivity contribution in [3.63, 3.8) is 0 Å². The predicted molar refractivity (Wildman–Crippen MR) is 75.5 cm³/mol. The van der Waals surface area contributed by atoms with Crippen molar-refractivity contribution >= 4 is 0 Å². The summed E-state index contributed by atoms with van der Waals surface area (Å²) in [7, 11) is 0. The second-order valence-electron chi connectivity index (χ2n) is 4.22. The summed E-state index contributed by atoms with van der Waals surface area (Å²) in [5.41, 5.74) is 8.08. The molecule has 0 unspecified atom stereocenters. The number of hydrogen-bond donors (Lipinski definition) is 1. The number of hydrogen-bond acceptors (Lipinski definition) is 2. The Morgan fingerprint density at radius 1 is 0.778 bits per heavy atom. The summed E-state index contributed by atoms with van der Waals surface area (Å²) in [4.78, 5) is 2.20. The van der Waals surface area contributed by atoms with E-state index in [9.17, 15) is 0 Å². The number of rotatable bonds is 5. The fraction of sp³-hybridized carbons (Fsp3) is 0.125. The third-order valence-electron chi connectivity index (χ3n) is 2.75.